The first kappa shape index (κ1) is 84.7. The van der Waals surface area contributed by atoms with Crippen LogP contribution in [0, 0.1) is 6.92 Å². The number of quaternary nitrogens is 1. The second kappa shape index (κ2) is 52.5. The Morgan fingerprint density at radius 2 is 0.884 bits per heavy atom. The normalized spacial score (nSPS) is 14.8. The number of hydrogen-bond acceptors (Lipinski definition) is 14. The Bertz CT molecular complexity index is 2660. The van der Waals surface area contributed by atoms with Crippen LogP contribution in [0.5, 0.6) is 11.5 Å². The molecule has 0 saturated heterocycles. The fraction of sp³-hybridized carbons (Fsp3) is 0.684. The quantitative estimate of drug-likeness (QED) is 0.0139. The third-order valence-electron chi connectivity index (χ3n) is 17.1. The number of carbonyl (C=O) groups excluding carboxylic acids is 2. The summed E-state index contributed by atoms with van der Waals surface area (Å²) in [4.78, 5) is 64.9. The van der Waals surface area contributed by atoms with Crippen molar-refractivity contribution >= 4 is 27.6 Å². The van der Waals surface area contributed by atoms with Crippen LogP contribution in [0.15, 0.2) is 101 Å². The molecule has 1 N–H and O–H groups in total. The fourth-order valence-corrected chi connectivity index (χ4v) is 13.8. The van der Waals surface area contributed by atoms with Crippen LogP contribution in [0.2, 0.25) is 0 Å². The fourth-order valence-electron chi connectivity index (χ4n) is 11.2. The second-order valence-electron chi connectivity index (χ2n) is 25.8. The minimum Gasteiger partial charge on any atom is -0.756 e. The molecular weight excluding hydrogens is 1240 g/mol. The van der Waals surface area contributed by atoms with Crippen LogP contribution in [0.4, 0.5) is 0 Å². The number of unbranched alkanes of at least 4 members (excludes halogenated alkanes) is 26. The van der Waals surface area contributed by atoms with Crippen molar-refractivity contribution in [3.63, 3.8) is 0 Å². The molecule has 0 amide bonds. The molecule has 1 aliphatic heterocycles. The van der Waals surface area contributed by atoms with Gasteiger partial charge in [0.05, 0.1) is 46.0 Å². The van der Waals surface area contributed by atoms with Crippen molar-refractivity contribution in [2.24, 2.45) is 0 Å². The zero-order valence-corrected chi connectivity index (χ0v) is 61.5. The molecule has 17 nitrogen and oxygen atoms in total. The Hall–Kier alpha value is -4.54. The van der Waals surface area contributed by atoms with E-state index in [1.165, 1.54) is 184 Å². The minimum absolute atomic E-state index is 0.261. The third kappa shape index (κ3) is 40.2. The van der Waals surface area contributed by atoms with E-state index in [9.17, 15) is 33.2 Å². The molecule has 2 heterocycles. The van der Waals surface area contributed by atoms with Gasteiger partial charge in [-0.3, -0.25) is 37.5 Å². The Balaban J connectivity index is 0.00000121. The number of ether oxygens (including phenoxy) is 3. The number of H-pyrrole nitrogens is 1. The summed E-state index contributed by atoms with van der Waals surface area (Å²) in [6.45, 7) is 19.5. The number of allylic oxidation sites excluding steroid dienone is 4. The molecular formula is C76H125N3O14P2. The van der Waals surface area contributed by atoms with E-state index < -0.39 is 59.0 Å². The number of nitrogens with zero attached hydrogens (tertiary/aromatic N) is 2. The number of aromatic amines is 1. The lowest BCUT2D eigenvalue weighted by atomic mass is 10.1. The topological polar surface area (TPSA) is 211 Å². The van der Waals surface area contributed by atoms with Crippen LogP contribution in [-0.4, -0.2) is 64.9 Å². The Morgan fingerprint density at radius 1 is 0.516 bits per heavy atom. The van der Waals surface area contributed by atoms with Crippen molar-refractivity contribution in [3.8, 4) is 11.5 Å². The summed E-state index contributed by atoms with van der Waals surface area (Å²) in [6.07, 6.45) is 53.3. The molecule has 0 aliphatic carbocycles. The van der Waals surface area contributed by atoms with Crippen molar-refractivity contribution in [1.82, 2.24) is 9.55 Å². The number of carbonyl (C=O) groups is 2. The highest BCUT2D eigenvalue weighted by atomic mass is 31.3. The number of aryl methyl sites for hydroxylation is 1. The molecule has 1 aliphatic rings. The first-order valence-electron chi connectivity index (χ1n) is 37.0. The number of nitrogens with one attached hydrogen (secondary N) is 1. The predicted octanol–water partition coefficient (Wildman–Crippen LogP) is 20.2. The van der Waals surface area contributed by atoms with Gasteiger partial charge in [0.2, 0.25) is 0 Å². The number of aromatic nitrogens is 2. The van der Waals surface area contributed by atoms with Crippen LogP contribution in [0.1, 0.15) is 296 Å². The van der Waals surface area contributed by atoms with E-state index in [0.717, 1.165) is 94.5 Å². The van der Waals surface area contributed by atoms with Gasteiger partial charge in [-0.15, -0.1) is 0 Å². The van der Waals surface area contributed by atoms with Crippen molar-refractivity contribution in [3.05, 3.63) is 129 Å². The molecule has 0 bridgehead atoms. The van der Waals surface area contributed by atoms with Gasteiger partial charge in [0.1, 0.15) is 17.6 Å². The molecule has 4 rings (SSSR count). The highest BCUT2D eigenvalue weighted by Crippen LogP contribution is 2.62. The van der Waals surface area contributed by atoms with Crippen LogP contribution < -0.4 is 25.6 Å². The number of esters is 2. The van der Waals surface area contributed by atoms with E-state index >= 15 is 0 Å². The maximum Gasteiger partial charge on any atom is 0.481 e. The van der Waals surface area contributed by atoms with E-state index in [1.54, 1.807) is 48.5 Å². The summed E-state index contributed by atoms with van der Waals surface area (Å²) >= 11 is 0. The van der Waals surface area contributed by atoms with Crippen LogP contribution >= 0.6 is 15.6 Å². The Labute approximate surface area is 572 Å². The van der Waals surface area contributed by atoms with E-state index in [1.807, 2.05) is 0 Å². The highest BCUT2D eigenvalue weighted by Gasteiger charge is 2.35. The molecule has 538 valence electrons. The standard InChI is InChI=1S/C60H90N2O14P2.C16H36N/c1-4-6-8-10-12-14-16-18-20-22-24-26-28-30-32-34-57(63)74-53-40-36-51(37-41-53)47-71-78(69,76-77(67,68)70-49-55-44-45-56(73-55)62-46-50(3)59(65)61-60(62)66)72-48-52-38-42-54(43-39-52)75-58(64)35-33-31-29-27-25-23-21-19-17-15-13-11-9-7-5-2;1-5-9-13-17(14-10-6-2,15-11-7-3)16-12-8-4/h18-21,36-46,55-56H,4-17,22-35,47-49H2,1-3H3,(H,67,68)(H,61,65,66);5-16H2,1-4H3/q;+1/p-1/b20-18-,21-19-;/t55-,56+;/m0./s1. The van der Waals surface area contributed by atoms with E-state index in [-0.39, 0.29) is 30.3 Å². The largest absolute Gasteiger partial charge is 0.756 e. The lowest BCUT2D eigenvalue weighted by molar-refractivity contribution is -0.929. The number of rotatable bonds is 56. The van der Waals surface area contributed by atoms with Crippen LogP contribution in [-0.2, 0) is 54.6 Å². The monoisotopic (exact) mass is 1370 g/mol. The third-order valence-corrected chi connectivity index (χ3v) is 20.1. The molecule has 95 heavy (non-hydrogen) atoms. The minimum atomic E-state index is -5.44. The van der Waals surface area contributed by atoms with Gasteiger partial charge in [0.15, 0.2) is 6.23 Å². The number of phosphoric ester groups is 2. The van der Waals surface area contributed by atoms with Gasteiger partial charge in [-0.1, -0.05) is 225 Å². The van der Waals surface area contributed by atoms with Gasteiger partial charge in [-0.05, 0) is 138 Å². The van der Waals surface area contributed by atoms with Crippen molar-refractivity contribution in [2.45, 2.75) is 305 Å². The number of phosphoric acid groups is 2. The first-order valence-corrected chi connectivity index (χ1v) is 39.9. The lowest BCUT2D eigenvalue weighted by Gasteiger charge is -2.39. The summed E-state index contributed by atoms with van der Waals surface area (Å²) in [5, 5.41) is 0. The van der Waals surface area contributed by atoms with Crippen LogP contribution in [0.25, 0.3) is 0 Å². The summed E-state index contributed by atoms with van der Waals surface area (Å²) in [7, 11) is -10.4. The molecule has 19 heteroatoms. The van der Waals surface area contributed by atoms with Gasteiger partial charge in [-0.2, -0.15) is 0 Å². The zero-order valence-electron chi connectivity index (χ0n) is 59.7. The molecule has 3 atom stereocenters. The maximum atomic E-state index is 14.1. The van der Waals surface area contributed by atoms with Crippen LogP contribution in [0.3, 0.4) is 0 Å². The molecule has 1 unspecified atom stereocenters. The zero-order chi connectivity index (χ0) is 69.1. The predicted molar refractivity (Wildman–Crippen MR) is 383 cm³/mol. The molecule has 0 saturated carbocycles. The van der Waals surface area contributed by atoms with Crippen molar-refractivity contribution < 1.29 is 60.2 Å². The van der Waals surface area contributed by atoms with Crippen molar-refractivity contribution in [2.75, 3.05) is 32.8 Å². The smallest absolute Gasteiger partial charge is 0.481 e. The summed E-state index contributed by atoms with van der Waals surface area (Å²) in [5.74, 6) is -0.118. The summed E-state index contributed by atoms with van der Waals surface area (Å²) in [5.41, 5.74) is -0.161. The number of benzene rings is 2. The average Bonchev–Trinajstić information content (AvgIpc) is 1.85. The van der Waals surface area contributed by atoms with Gasteiger partial charge in [0, 0.05) is 24.6 Å². The summed E-state index contributed by atoms with van der Waals surface area (Å²) in [6, 6.07) is 12.4. The van der Waals surface area contributed by atoms with E-state index in [2.05, 4.69) is 70.8 Å². The van der Waals surface area contributed by atoms with Gasteiger partial charge >= 0.3 is 25.5 Å². The maximum absolute atomic E-state index is 14.1. The second-order valence-corrected chi connectivity index (χ2v) is 29.0. The molecule has 0 radical (unpaired) electrons. The van der Waals surface area contributed by atoms with Gasteiger partial charge < -0.3 is 28.1 Å². The molecule has 0 spiro atoms. The molecule has 0 fully saturated rings. The van der Waals surface area contributed by atoms with E-state index in [4.69, 9.17) is 32.1 Å². The highest BCUT2D eigenvalue weighted by molar-refractivity contribution is 7.61. The number of hydrogen-bond donors (Lipinski definition) is 1. The van der Waals surface area contributed by atoms with Crippen molar-refractivity contribution in [1.29, 1.82) is 0 Å². The average molecular weight is 1370 g/mol. The Morgan fingerprint density at radius 3 is 1.27 bits per heavy atom. The van der Waals surface area contributed by atoms with Gasteiger partial charge in [0.25, 0.3) is 13.4 Å². The molecule has 1 aromatic heterocycles. The molecule has 2 aromatic carbocycles. The SMILES string of the molecule is CCCCCCCC/C=C\CCCCCCCC(=O)Oc1ccc(COP(=O)(OCc2ccc(OC(=O)CCCCCCC/C=C\CCCCCCCC)cc2)OP(=O)([O-])OC[C@@H]2C=C[C@H](n3cc(C)c(=O)[nH]c3=O)O2)cc1.CCCC[N+](CCCC)(CCCC)CCCC. The lowest BCUT2D eigenvalue weighted by Crippen LogP contribution is -2.50. The Kier molecular flexibility index (Phi) is 46.8. The summed E-state index contributed by atoms with van der Waals surface area (Å²) < 4.78 is 67.9. The molecule has 3 aromatic rings. The van der Waals surface area contributed by atoms with Gasteiger partial charge in [-0.25, -0.2) is 13.7 Å². The first-order chi connectivity index (χ1) is 46.0. The van der Waals surface area contributed by atoms with E-state index in [0.29, 0.717) is 22.6 Å².